The van der Waals surface area contributed by atoms with Gasteiger partial charge in [0.1, 0.15) is 0 Å². The third-order valence-electron chi connectivity index (χ3n) is 3.65. The lowest BCUT2D eigenvalue weighted by atomic mass is 9.93. The number of H-pyrrole nitrogens is 1. The van der Waals surface area contributed by atoms with Crippen LogP contribution in [0.2, 0.25) is 0 Å². The molecule has 0 aliphatic carbocycles. The first-order chi connectivity index (χ1) is 9.01. The third-order valence-corrected chi connectivity index (χ3v) is 3.65. The molecule has 0 saturated carbocycles. The van der Waals surface area contributed by atoms with Gasteiger partial charge in [0.25, 0.3) is 11.5 Å². The van der Waals surface area contributed by atoms with Gasteiger partial charge in [0.05, 0.1) is 5.56 Å². The van der Waals surface area contributed by atoms with Crippen LogP contribution in [0.5, 0.6) is 5.88 Å². The molecule has 0 spiro atoms. The van der Waals surface area contributed by atoms with E-state index in [1.165, 1.54) is 12.1 Å². The second-order valence-electron chi connectivity index (χ2n) is 5.10. The lowest BCUT2D eigenvalue weighted by Gasteiger charge is -2.37. The summed E-state index contributed by atoms with van der Waals surface area (Å²) < 4.78 is 0. The number of aromatic nitrogens is 1. The van der Waals surface area contributed by atoms with Gasteiger partial charge in [-0.15, -0.1) is 0 Å². The van der Waals surface area contributed by atoms with E-state index in [4.69, 9.17) is 5.73 Å². The maximum atomic E-state index is 12.4. The van der Waals surface area contributed by atoms with E-state index in [0.717, 1.165) is 12.8 Å². The van der Waals surface area contributed by atoms with E-state index in [1.807, 2.05) is 6.92 Å². The number of nitrogens with one attached hydrogen (secondary N) is 1. The predicted molar refractivity (Wildman–Crippen MR) is 71.0 cm³/mol. The van der Waals surface area contributed by atoms with Gasteiger partial charge < -0.3 is 15.7 Å². The number of hydrogen-bond acceptors (Lipinski definition) is 4. The molecule has 1 aliphatic heterocycles. The molecule has 6 heteroatoms. The first-order valence-electron chi connectivity index (χ1n) is 6.45. The Morgan fingerprint density at radius 2 is 2.26 bits per heavy atom. The highest BCUT2D eigenvalue weighted by molar-refractivity contribution is 5.94. The van der Waals surface area contributed by atoms with Crippen molar-refractivity contribution in [1.29, 1.82) is 0 Å². The van der Waals surface area contributed by atoms with Gasteiger partial charge in [-0.1, -0.05) is 0 Å². The van der Waals surface area contributed by atoms with Crippen molar-refractivity contribution in [2.45, 2.75) is 25.8 Å². The summed E-state index contributed by atoms with van der Waals surface area (Å²) in [7, 11) is 0. The number of likely N-dealkylation sites (tertiary alicyclic amines) is 1. The lowest BCUT2D eigenvalue weighted by molar-refractivity contribution is 0.0566. The SMILES string of the molecule is CC1CCC(CN)CN1C(=O)c1cc(O)[nH]c(=O)c1. The molecule has 104 valence electrons. The summed E-state index contributed by atoms with van der Waals surface area (Å²) in [6.07, 6.45) is 1.92. The number of amides is 1. The van der Waals surface area contributed by atoms with E-state index in [1.54, 1.807) is 4.90 Å². The number of nitrogens with zero attached hydrogens (tertiary/aromatic N) is 1. The highest BCUT2D eigenvalue weighted by atomic mass is 16.3. The highest BCUT2D eigenvalue weighted by Gasteiger charge is 2.29. The molecule has 1 saturated heterocycles. The summed E-state index contributed by atoms with van der Waals surface area (Å²) in [5, 5.41) is 9.36. The first kappa shape index (κ1) is 13.6. The van der Waals surface area contributed by atoms with E-state index < -0.39 is 5.56 Å². The van der Waals surface area contributed by atoms with Crippen molar-refractivity contribution in [2.24, 2.45) is 11.7 Å². The highest BCUT2D eigenvalue weighted by Crippen LogP contribution is 2.23. The van der Waals surface area contributed by atoms with Crippen molar-refractivity contribution in [3.63, 3.8) is 0 Å². The van der Waals surface area contributed by atoms with Crippen molar-refractivity contribution < 1.29 is 9.90 Å². The molecule has 0 radical (unpaired) electrons. The fraction of sp³-hybridized carbons (Fsp3) is 0.538. The third kappa shape index (κ3) is 2.96. The molecule has 1 aromatic heterocycles. The first-order valence-corrected chi connectivity index (χ1v) is 6.45. The standard InChI is InChI=1S/C13H19N3O3/c1-8-2-3-9(6-14)7-16(8)13(19)10-4-11(17)15-12(18)5-10/h4-5,8-9H,2-3,6-7,14H2,1H3,(H2,15,17,18). The summed E-state index contributed by atoms with van der Waals surface area (Å²) in [6, 6.07) is 2.61. The Hall–Kier alpha value is -1.82. The van der Waals surface area contributed by atoms with Gasteiger partial charge in [0.2, 0.25) is 0 Å². The van der Waals surface area contributed by atoms with E-state index >= 15 is 0 Å². The van der Waals surface area contributed by atoms with Gasteiger partial charge in [-0.2, -0.15) is 0 Å². The minimum absolute atomic E-state index is 0.122. The summed E-state index contributed by atoms with van der Waals surface area (Å²) in [4.78, 5) is 27.6. The molecule has 2 heterocycles. The van der Waals surface area contributed by atoms with Crippen LogP contribution in [0, 0.1) is 5.92 Å². The zero-order valence-electron chi connectivity index (χ0n) is 10.9. The van der Waals surface area contributed by atoms with Crippen molar-refractivity contribution in [3.8, 4) is 5.88 Å². The smallest absolute Gasteiger partial charge is 0.254 e. The minimum Gasteiger partial charge on any atom is -0.494 e. The Bertz CT molecular complexity index is 526. The summed E-state index contributed by atoms with van der Waals surface area (Å²) in [5.41, 5.74) is 5.40. The topological polar surface area (TPSA) is 99.4 Å². The van der Waals surface area contributed by atoms with Crippen LogP contribution in [0.15, 0.2) is 16.9 Å². The molecular formula is C13H19N3O3. The average Bonchev–Trinajstić information content (AvgIpc) is 2.37. The molecular weight excluding hydrogens is 246 g/mol. The number of pyridine rings is 1. The molecule has 19 heavy (non-hydrogen) atoms. The molecule has 0 bridgehead atoms. The second kappa shape index (κ2) is 5.44. The summed E-state index contributed by atoms with van der Waals surface area (Å²) >= 11 is 0. The van der Waals surface area contributed by atoms with E-state index in [9.17, 15) is 14.7 Å². The monoisotopic (exact) mass is 265 g/mol. The number of aromatic hydroxyl groups is 1. The molecule has 4 N–H and O–H groups in total. The van der Waals surface area contributed by atoms with Gasteiger partial charge in [-0.25, -0.2) is 0 Å². The van der Waals surface area contributed by atoms with Gasteiger partial charge in [0.15, 0.2) is 5.88 Å². The zero-order valence-corrected chi connectivity index (χ0v) is 10.9. The van der Waals surface area contributed by atoms with Gasteiger partial charge in [-0.05, 0) is 32.2 Å². The largest absolute Gasteiger partial charge is 0.494 e. The predicted octanol–water partition coefficient (Wildman–Crippen LogP) is 0.280. The van der Waals surface area contributed by atoms with Gasteiger partial charge >= 0.3 is 0 Å². The number of carbonyl (C=O) groups is 1. The molecule has 1 aliphatic rings. The molecule has 2 rings (SSSR count). The minimum atomic E-state index is -0.483. The number of carbonyl (C=O) groups excluding carboxylic acids is 1. The Balaban J connectivity index is 2.24. The maximum absolute atomic E-state index is 12.4. The Morgan fingerprint density at radius 1 is 1.53 bits per heavy atom. The molecule has 0 aromatic carbocycles. The van der Waals surface area contributed by atoms with Crippen molar-refractivity contribution in [3.05, 3.63) is 28.0 Å². The fourth-order valence-electron chi connectivity index (χ4n) is 2.48. The normalized spacial score (nSPS) is 23.4. The number of rotatable bonds is 2. The van der Waals surface area contributed by atoms with Crippen LogP contribution >= 0.6 is 0 Å². The maximum Gasteiger partial charge on any atom is 0.254 e. The molecule has 1 aromatic rings. The molecule has 2 atom stereocenters. The van der Waals surface area contributed by atoms with Gasteiger partial charge in [0, 0.05) is 24.7 Å². The summed E-state index contributed by atoms with van der Waals surface area (Å²) in [5.74, 6) is -0.223. The van der Waals surface area contributed by atoms with Crippen molar-refractivity contribution in [2.75, 3.05) is 13.1 Å². The van der Waals surface area contributed by atoms with Crippen LogP contribution in [0.1, 0.15) is 30.1 Å². The second-order valence-corrected chi connectivity index (χ2v) is 5.10. The van der Waals surface area contributed by atoms with Crippen LogP contribution in [0.4, 0.5) is 0 Å². The van der Waals surface area contributed by atoms with Crippen molar-refractivity contribution in [1.82, 2.24) is 9.88 Å². The lowest BCUT2D eigenvalue weighted by Crippen LogP contribution is -2.47. The Morgan fingerprint density at radius 3 is 2.89 bits per heavy atom. The van der Waals surface area contributed by atoms with Gasteiger partial charge in [-0.3, -0.25) is 14.6 Å². The zero-order chi connectivity index (χ0) is 14.0. The Kier molecular flexibility index (Phi) is 3.90. The van der Waals surface area contributed by atoms with E-state index in [2.05, 4.69) is 4.98 Å². The molecule has 1 amide bonds. The number of aromatic amines is 1. The van der Waals surface area contributed by atoms with E-state index in [-0.39, 0.29) is 23.4 Å². The van der Waals surface area contributed by atoms with Crippen LogP contribution in [0.3, 0.4) is 0 Å². The van der Waals surface area contributed by atoms with Crippen LogP contribution in [0.25, 0.3) is 0 Å². The Labute approximate surface area is 111 Å². The van der Waals surface area contributed by atoms with Crippen LogP contribution in [-0.2, 0) is 0 Å². The number of nitrogens with two attached hydrogens (primary N) is 1. The van der Waals surface area contributed by atoms with Crippen LogP contribution in [-0.4, -0.2) is 40.0 Å². The molecule has 1 fully saturated rings. The van der Waals surface area contributed by atoms with Crippen LogP contribution < -0.4 is 11.3 Å². The number of piperidine rings is 1. The van der Waals surface area contributed by atoms with E-state index in [0.29, 0.717) is 19.0 Å². The quantitative estimate of drug-likeness (QED) is 0.715. The molecule has 2 unspecified atom stereocenters. The summed E-state index contributed by atoms with van der Waals surface area (Å²) in [6.45, 7) is 3.14. The molecule has 6 nitrogen and oxygen atoms in total. The van der Waals surface area contributed by atoms with Crippen molar-refractivity contribution >= 4 is 5.91 Å². The fourth-order valence-corrected chi connectivity index (χ4v) is 2.48. The number of hydrogen-bond donors (Lipinski definition) is 3. The average molecular weight is 265 g/mol.